The summed E-state index contributed by atoms with van der Waals surface area (Å²) < 4.78 is 1.64. The Hall–Kier alpha value is -2.44. The van der Waals surface area contributed by atoms with Crippen molar-refractivity contribution in [2.75, 3.05) is 5.73 Å². The molecule has 2 rings (SSSR count). The van der Waals surface area contributed by atoms with Crippen molar-refractivity contribution in [1.29, 1.82) is 0 Å². The second kappa shape index (κ2) is 4.68. The zero-order chi connectivity index (χ0) is 14.2. The van der Waals surface area contributed by atoms with E-state index in [1.165, 1.54) is 12.1 Å². The van der Waals surface area contributed by atoms with Crippen LogP contribution in [0.4, 0.5) is 11.5 Å². The minimum Gasteiger partial charge on any atom is -0.381 e. The summed E-state index contributed by atoms with van der Waals surface area (Å²) in [5.74, 6) is 0.539. The van der Waals surface area contributed by atoms with Gasteiger partial charge in [-0.15, -0.1) is 5.10 Å². The van der Waals surface area contributed by atoms with Crippen molar-refractivity contribution in [3.05, 3.63) is 39.6 Å². The maximum atomic E-state index is 10.7. The van der Waals surface area contributed by atoms with Crippen LogP contribution in [0.3, 0.4) is 0 Å². The third kappa shape index (κ3) is 2.26. The number of aryl methyl sites for hydroxylation is 1. The molecule has 0 saturated heterocycles. The van der Waals surface area contributed by atoms with E-state index < -0.39 is 4.92 Å². The summed E-state index contributed by atoms with van der Waals surface area (Å²) in [6.07, 6.45) is 0. The van der Waals surface area contributed by atoms with Crippen LogP contribution in [0.2, 0.25) is 0 Å². The fourth-order valence-corrected chi connectivity index (χ4v) is 2.01. The van der Waals surface area contributed by atoms with Crippen LogP contribution in [-0.4, -0.2) is 19.9 Å². The average molecular weight is 261 g/mol. The molecule has 7 heteroatoms. The number of nitrogen functional groups attached to an aromatic ring is 1. The van der Waals surface area contributed by atoms with Crippen molar-refractivity contribution in [3.8, 4) is 5.69 Å². The maximum Gasteiger partial charge on any atom is 0.269 e. The van der Waals surface area contributed by atoms with E-state index in [1.807, 2.05) is 13.8 Å². The molecule has 19 heavy (non-hydrogen) atoms. The summed E-state index contributed by atoms with van der Waals surface area (Å²) in [5, 5.41) is 18.6. The monoisotopic (exact) mass is 261 g/mol. The summed E-state index contributed by atoms with van der Waals surface area (Å²) in [7, 11) is 0. The van der Waals surface area contributed by atoms with Crippen LogP contribution in [0, 0.1) is 17.0 Å². The van der Waals surface area contributed by atoms with Gasteiger partial charge in [0, 0.05) is 12.1 Å². The minimum absolute atomic E-state index is 0.0560. The van der Waals surface area contributed by atoms with Crippen molar-refractivity contribution in [2.24, 2.45) is 0 Å². The molecule has 0 fully saturated rings. The van der Waals surface area contributed by atoms with Gasteiger partial charge in [-0.3, -0.25) is 10.1 Å². The van der Waals surface area contributed by atoms with Crippen molar-refractivity contribution < 1.29 is 4.92 Å². The lowest BCUT2D eigenvalue weighted by atomic mass is 10.1. The molecule has 0 unspecified atom stereocenters. The largest absolute Gasteiger partial charge is 0.381 e. The number of anilines is 1. The fraction of sp³-hybridized carbons (Fsp3) is 0.333. The number of hydrogen-bond donors (Lipinski definition) is 1. The summed E-state index contributed by atoms with van der Waals surface area (Å²) in [5.41, 5.74) is 8.16. The third-order valence-corrected chi connectivity index (χ3v) is 2.90. The van der Waals surface area contributed by atoms with Gasteiger partial charge in [0.15, 0.2) is 5.82 Å². The number of aromatic nitrogens is 3. The van der Waals surface area contributed by atoms with Crippen LogP contribution >= 0.6 is 0 Å². The van der Waals surface area contributed by atoms with Gasteiger partial charge in [-0.2, -0.15) is 0 Å². The van der Waals surface area contributed by atoms with E-state index in [4.69, 9.17) is 5.73 Å². The number of hydrogen-bond acceptors (Lipinski definition) is 5. The molecule has 0 saturated carbocycles. The number of nitro groups is 1. The Kier molecular flexibility index (Phi) is 3.20. The highest BCUT2D eigenvalue weighted by atomic mass is 16.6. The Morgan fingerprint density at radius 2 is 2.11 bits per heavy atom. The molecular weight excluding hydrogens is 246 g/mol. The first-order chi connectivity index (χ1) is 8.91. The SMILES string of the molecule is Cc1cc([N+](=O)[O-])ccc1-n1nnc(N)c1C(C)C. The van der Waals surface area contributed by atoms with Gasteiger partial charge in [0.05, 0.1) is 16.3 Å². The first-order valence-electron chi connectivity index (χ1n) is 5.88. The molecule has 1 aromatic carbocycles. The zero-order valence-electron chi connectivity index (χ0n) is 11.0. The molecule has 1 aromatic heterocycles. The van der Waals surface area contributed by atoms with Gasteiger partial charge in [-0.25, -0.2) is 4.68 Å². The molecule has 2 aromatic rings. The van der Waals surface area contributed by atoms with Crippen LogP contribution in [0.5, 0.6) is 0 Å². The summed E-state index contributed by atoms with van der Waals surface area (Å²) >= 11 is 0. The summed E-state index contributed by atoms with van der Waals surface area (Å²) in [4.78, 5) is 10.3. The smallest absolute Gasteiger partial charge is 0.269 e. The molecule has 0 bridgehead atoms. The van der Waals surface area contributed by atoms with Crippen LogP contribution in [-0.2, 0) is 0 Å². The molecule has 1 heterocycles. The molecule has 0 amide bonds. The van der Waals surface area contributed by atoms with E-state index in [0.29, 0.717) is 5.82 Å². The topological polar surface area (TPSA) is 99.9 Å². The predicted octanol–water partition coefficient (Wildman–Crippen LogP) is 2.19. The van der Waals surface area contributed by atoms with E-state index in [2.05, 4.69) is 10.3 Å². The van der Waals surface area contributed by atoms with Gasteiger partial charge in [-0.05, 0) is 24.5 Å². The maximum absolute atomic E-state index is 10.7. The van der Waals surface area contributed by atoms with Crippen LogP contribution in [0.15, 0.2) is 18.2 Å². The zero-order valence-corrected chi connectivity index (χ0v) is 11.0. The van der Waals surface area contributed by atoms with Crippen LogP contribution < -0.4 is 5.73 Å². The minimum atomic E-state index is -0.421. The molecule has 100 valence electrons. The van der Waals surface area contributed by atoms with E-state index in [1.54, 1.807) is 17.7 Å². The lowest BCUT2D eigenvalue weighted by Crippen LogP contribution is -2.07. The van der Waals surface area contributed by atoms with Crippen molar-refractivity contribution in [1.82, 2.24) is 15.0 Å². The molecular formula is C12H15N5O2. The molecule has 2 N–H and O–H groups in total. The van der Waals surface area contributed by atoms with Gasteiger partial charge in [0.2, 0.25) is 0 Å². The number of benzene rings is 1. The number of nitrogens with zero attached hydrogens (tertiary/aromatic N) is 4. The Balaban J connectivity index is 2.57. The standard InChI is InChI=1S/C12H15N5O2/c1-7(2)11-12(13)14-15-16(11)10-5-4-9(17(18)19)6-8(10)3/h4-7H,13H2,1-3H3. The first kappa shape index (κ1) is 13.0. The highest BCUT2D eigenvalue weighted by Crippen LogP contribution is 2.26. The summed E-state index contributed by atoms with van der Waals surface area (Å²) in [6.45, 7) is 5.78. The third-order valence-electron chi connectivity index (χ3n) is 2.90. The molecule has 0 aliphatic rings. The Labute approximate surface area is 110 Å². The van der Waals surface area contributed by atoms with E-state index in [9.17, 15) is 10.1 Å². The second-order valence-corrected chi connectivity index (χ2v) is 4.65. The van der Waals surface area contributed by atoms with E-state index in [-0.39, 0.29) is 11.6 Å². The molecule has 0 aliphatic heterocycles. The molecule has 7 nitrogen and oxygen atoms in total. The molecule has 0 radical (unpaired) electrons. The molecule has 0 spiro atoms. The van der Waals surface area contributed by atoms with Crippen LogP contribution in [0.1, 0.15) is 31.0 Å². The van der Waals surface area contributed by atoms with Gasteiger partial charge in [-0.1, -0.05) is 19.1 Å². The Morgan fingerprint density at radius 1 is 1.42 bits per heavy atom. The van der Waals surface area contributed by atoms with E-state index in [0.717, 1.165) is 16.9 Å². The quantitative estimate of drug-likeness (QED) is 0.674. The molecule has 0 atom stereocenters. The Bertz CT molecular complexity index is 633. The van der Waals surface area contributed by atoms with E-state index >= 15 is 0 Å². The number of non-ortho nitro benzene ring substituents is 1. The van der Waals surface area contributed by atoms with Gasteiger partial charge >= 0.3 is 0 Å². The van der Waals surface area contributed by atoms with Gasteiger partial charge in [0.25, 0.3) is 5.69 Å². The number of nitrogens with two attached hydrogens (primary N) is 1. The van der Waals surface area contributed by atoms with Crippen LogP contribution in [0.25, 0.3) is 5.69 Å². The normalized spacial score (nSPS) is 10.9. The number of nitro benzene ring substituents is 1. The lowest BCUT2D eigenvalue weighted by molar-refractivity contribution is -0.384. The fourth-order valence-electron chi connectivity index (χ4n) is 2.01. The number of rotatable bonds is 3. The van der Waals surface area contributed by atoms with Crippen molar-refractivity contribution in [2.45, 2.75) is 26.7 Å². The van der Waals surface area contributed by atoms with Gasteiger partial charge in [0.1, 0.15) is 0 Å². The molecule has 0 aliphatic carbocycles. The second-order valence-electron chi connectivity index (χ2n) is 4.65. The first-order valence-corrected chi connectivity index (χ1v) is 5.88. The highest BCUT2D eigenvalue weighted by molar-refractivity contribution is 5.50. The van der Waals surface area contributed by atoms with Gasteiger partial charge < -0.3 is 5.73 Å². The highest BCUT2D eigenvalue weighted by Gasteiger charge is 2.17. The average Bonchev–Trinajstić information content (AvgIpc) is 2.70. The predicted molar refractivity (Wildman–Crippen MR) is 71.3 cm³/mol. The summed E-state index contributed by atoms with van der Waals surface area (Å²) in [6, 6.07) is 4.62. The van der Waals surface area contributed by atoms with Crippen molar-refractivity contribution >= 4 is 11.5 Å². The Morgan fingerprint density at radius 3 is 2.63 bits per heavy atom. The van der Waals surface area contributed by atoms with Crippen molar-refractivity contribution in [3.63, 3.8) is 0 Å². The lowest BCUT2D eigenvalue weighted by Gasteiger charge is -2.11.